The second-order valence-electron chi connectivity index (χ2n) is 6.92. The highest BCUT2D eigenvalue weighted by Gasteiger charge is 2.11. The van der Waals surface area contributed by atoms with E-state index in [1.165, 1.54) is 5.56 Å². The van der Waals surface area contributed by atoms with Crippen molar-refractivity contribution in [1.29, 1.82) is 0 Å². The van der Waals surface area contributed by atoms with Crippen LogP contribution in [0, 0.1) is 6.92 Å². The predicted molar refractivity (Wildman–Crippen MR) is 117 cm³/mol. The van der Waals surface area contributed by atoms with Gasteiger partial charge in [-0.15, -0.1) is 0 Å². The van der Waals surface area contributed by atoms with Crippen molar-refractivity contribution in [2.75, 3.05) is 7.11 Å². The molecule has 0 aliphatic carbocycles. The Morgan fingerprint density at radius 3 is 2.40 bits per heavy atom. The van der Waals surface area contributed by atoms with Crippen LogP contribution in [0.1, 0.15) is 32.6 Å². The van der Waals surface area contributed by atoms with Gasteiger partial charge in [0, 0.05) is 24.2 Å². The van der Waals surface area contributed by atoms with Crippen LogP contribution in [-0.2, 0) is 19.7 Å². The summed E-state index contributed by atoms with van der Waals surface area (Å²) in [5.74, 6) is 0.285. The van der Waals surface area contributed by atoms with Crippen LogP contribution < -0.4 is 14.8 Å². The molecule has 0 spiro atoms. The van der Waals surface area contributed by atoms with Crippen LogP contribution in [0.3, 0.4) is 0 Å². The highest BCUT2D eigenvalue weighted by Crippen LogP contribution is 2.34. The van der Waals surface area contributed by atoms with Crippen molar-refractivity contribution in [3.05, 3.63) is 93.5 Å². The van der Waals surface area contributed by atoms with Gasteiger partial charge in [0.05, 0.1) is 12.7 Å². The van der Waals surface area contributed by atoms with E-state index in [9.17, 15) is 4.79 Å². The van der Waals surface area contributed by atoms with Crippen molar-refractivity contribution in [2.24, 2.45) is 0 Å². The summed E-state index contributed by atoms with van der Waals surface area (Å²) in [6, 6.07) is 18.5. The number of carboxylic acids is 1. The van der Waals surface area contributed by atoms with Gasteiger partial charge in [0.1, 0.15) is 6.61 Å². The van der Waals surface area contributed by atoms with E-state index in [0.717, 1.165) is 16.7 Å². The van der Waals surface area contributed by atoms with E-state index < -0.39 is 5.97 Å². The molecule has 2 N–H and O–H groups in total. The summed E-state index contributed by atoms with van der Waals surface area (Å²) in [5, 5.41) is 12.9. The number of aryl methyl sites for hydroxylation is 1. The Balaban J connectivity index is 1.63. The van der Waals surface area contributed by atoms with Gasteiger partial charge in [-0.25, -0.2) is 4.79 Å². The first kappa shape index (κ1) is 21.7. The Hall–Kier alpha value is -3.02. The van der Waals surface area contributed by atoms with Crippen LogP contribution in [0.4, 0.5) is 0 Å². The molecular weight excluding hydrogens is 402 g/mol. The third kappa shape index (κ3) is 5.53. The van der Waals surface area contributed by atoms with Crippen LogP contribution in [0.5, 0.6) is 11.5 Å². The molecule has 0 aliphatic heterocycles. The lowest BCUT2D eigenvalue weighted by atomic mass is 10.1. The van der Waals surface area contributed by atoms with E-state index in [1.54, 1.807) is 37.4 Å². The van der Waals surface area contributed by atoms with E-state index in [-0.39, 0.29) is 5.56 Å². The molecule has 0 atom stereocenters. The number of benzene rings is 3. The van der Waals surface area contributed by atoms with Crippen molar-refractivity contribution in [3.63, 3.8) is 0 Å². The first-order chi connectivity index (χ1) is 14.5. The number of aromatic carboxylic acids is 1. The normalized spacial score (nSPS) is 10.6. The molecule has 3 aromatic carbocycles. The number of halogens is 1. The van der Waals surface area contributed by atoms with Gasteiger partial charge in [0.25, 0.3) is 0 Å². The van der Waals surface area contributed by atoms with Gasteiger partial charge in [-0.2, -0.15) is 0 Å². The quantitative estimate of drug-likeness (QED) is 0.491. The summed E-state index contributed by atoms with van der Waals surface area (Å²) in [7, 11) is 1.60. The predicted octanol–water partition coefficient (Wildman–Crippen LogP) is 5.22. The zero-order valence-electron chi connectivity index (χ0n) is 16.9. The fraction of sp³-hybridized carbons (Fsp3) is 0.208. The van der Waals surface area contributed by atoms with Crippen molar-refractivity contribution in [3.8, 4) is 11.5 Å². The first-order valence-electron chi connectivity index (χ1n) is 9.54. The van der Waals surface area contributed by atoms with E-state index in [2.05, 4.69) is 5.32 Å². The molecule has 5 nitrogen and oxygen atoms in total. The number of hydrogen-bond donors (Lipinski definition) is 2. The summed E-state index contributed by atoms with van der Waals surface area (Å²) in [4.78, 5) is 10.9. The maximum absolute atomic E-state index is 10.9. The Morgan fingerprint density at radius 2 is 1.73 bits per heavy atom. The van der Waals surface area contributed by atoms with Crippen LogP contribution in [0.2, 0.25) is 5.02 Å². The average Bonchev–Trinajstić information content (AvgIpc) is 2.74. The monoisotopic (exact) mass is 425 g/mol. The van der Waals surface area contributed by atoms with E-state index in [1.807, 2.05) is 37.3 Å². The van der Waals surface area contributed by atoms with Gasteiger partial charge >= 0.3 is 5.97 Å². The Bertz CT molecular complexity index is 1020. The summed E-state index contributed by atoms with van der Waals surface area (Å²) >= 11 is 6.47. The van der Waals surface area contributed by atoms with Crippen LogP contribution >= 0.6 is 11.6 Å². The number of hydrogen-bond acceptors (Lipinski definition) is 4. The van der Waals surface area contributed by atoms with Crippen LogP contribution in [0.25, 0.3) is 0 Å². The number of methoxy groups -OCH3 is 1. The van der Waals surface area contributed by atoms with Gasteiger partial charge in [-0.1, -0.05) is 48.0 Å². The Morgan fingerprint density at radius 1 is 1.00 bits per heavy atom. The molecule has 6 heteroatoms. The molecule has 0 saturated carbocycles. The minimum absolute atomic E-state index is 0.271. The highest BCUT2D eigenvalue weighted by atomic mass is 35.5. The smallest absolute Gasteiger partial charge is 0.335 e. The van der Waals surface area contributed by atoms with Crippen molar-refractivity contribution in [1.82, 2.24) is 5.32 Å². The Labute approximate surface area is 181 Å². The largest absolute Gasteiger partial charge is 0.493 e. The van der Waals surface area contributed by atoms with Gasteiger partial charge in [0.2, 0.25) is 0 Å². The van der Waals surface area contributed by atoms with Crippen LogP contribution in [-0.4, -0.2) is 18.2 Å². The van der Waals surface area contributed by atoms with E-state index in [4.69, 9.17) is 26.2 Å². The lowest BCUT2D eigenvalue weighted by Gasteiger charge is -2.15. The summed E-state index contributed by atoms with van der Waals surface area (Å²) in [5.41, 5.74) is 4.42. The molecule has 0 fully saturated rings. The molecule has 0 radical (unpaired) electrons. The minimum atomic E-state index is -0.932. The molecule has 3 aromatic rings. The van der Waals surface area contributed by atoms with Crippen LogP contribution in [0.15, 0.2) is 60.7 Å². The Kier molecular flexibility index (Phi) is 7.33. The topological polar surface area (TPSA) is 67.8 Å². The summed E-state index contributed by atoms with van der Waals surface area (Å²) in [6.45, 7) is 3.61. The zero-order chi connectivity index (χ0) is 21.5. The number of carbonyl (C=O) groups is 1. The lowest BCUT2D eigenvalue weighted by Crippen LogP contribution is -2.13. The van der Waals surface area contributed by atoms with Crippen molar-refractivity contribution >= 4 is 17.6 Å². The SMILES string of the molecule is COc1cc(CNCc2ccc(C(=O)O)cc2)c(Cl)cc1OCc1ccccc1C. The van der Waals surface area contributed by atoms with Gasteiger partial charge < -0.3 is 19.9 Å². The fourth-order valence-corrected chi connectivity index (χ4v) is 3.24. The van der Waals surface area contributed by atoms with Gasteiger partial charge in [-0.3, -0.25) is 0 Å². The minimum Gasteiger partial charge on any atom is -0.493 e. The second-order valence-corrected chi connectivity index (χ2v) is 7.32. The molecule has 0 aliphatic rings. The third-order valence-corrected chi connectivity index (χ3v) is 5.17. The summed E-state index contributed by atoms with van der Waals surface area (Å²) in [6.07, 6.45) is 0. The standard InChI is InChI=1S/C24H24ClNO4/c1-16-5-3-4-6-19(16)15-30-23-12-21(25)20(11-22(23)29-2)14-26-13-17-7-9-18(10-8-17)24(27)28/h3-12,26H,13-15H2,1-2H3,(H,27,28). The first-order valence-corrected chi connectivity index (χ1v) is 9.92. The molecule has 0 unspecified atom stereocenters. The molecule has 0 saturated heterocycles. The summed E-state index contributed by atoms with van der Waals surface area (Å²) < 4.78 is 11.5. The molecule has 156 valence electrons. The van der Waals surface area contributed by atoms with Gasteiger partial charge in [-0.05, 0) is 47.4 Å². The van der Waals surface area contributed by atoms with Crippen molar-refractivity contribution in [2.45, 2.75) is 26.6 Å². The average molecular weight is 426 g/mol. The maximum atomic E-state index is 10.9. The maximum Gasteiger partial charge on any atom is 0.335 e. The second kappa shape index (κ2) is 10.1. The molecule has 0 heterocycles. The molecular formula is C24H24ClNO4. The zero-order valence-corrected chi connectivity index (χ0v) is 17.7. The molecule has 0 amide bonds. The van der Waals surface area contributed by atoms with Crippen molar-refractivity contribution < 1.29 is 19.4 Å². The van der Waals surface area contributed by atoms with E-state index in [0.29, 0.717) is 36.2 Å². The number of nitrogens with one attached hydrogen (secondary N) is 1. The lowest BCUT2D eigenvalue weighted by molar-refractivity contribution is 0.0697. The highest BCUT2D eigenvalue weighted by molar-refractivity contribution is 6.31. The van der Waals surface area contributed by atoms with E-state index >= 15 is 0 Å². The number of rotatable bonds is 9. The molecule has 30 heavy (non-hydrogen) atoms. The number of carboxylic acid groups (broad SMARTS) is 1. The number of ether oxygens (including phenoxy) is 2. The molecule has 3 rings (SSSR count). The van der Waals surface area contributed by atoms with Gasteiger partial charge in [0.15, 0.2) is 11.5 Å². The third-order valence-electron chi connectivity index (χ3n) is 4.82. The fourth-order valence-electron chi connectivity index (χ4n) is 3.02. The molecule has 0 bridgehead atoms. The molecule has 0 aromatic heterocycles.